The van der Waals surface area contributed by atoms with Gasteiger partial charge in [0.25, 0.3) is 0 Å². The molecule has 4 heteroatoms. The van der Waals surface area contributed by atoms with Gasteiger partial charge in [-0.2, -0.15) is 0 Å². The van der Waals surface area contributed by atoms with Gasteiger partial charge in [0.2, 0.25) is 5.91 Å². The highest BCUT2D eigenvalue weighted by Gasteiger charge is 2.31. The average molecular weight is 220 g/mol. The van der Waals surface area contributed by atoms with Gasteiger partial charge in [0.15, 0.2) is 0 Å². The summed E-state index contributed by atoms with van der Waals surface area (Å²) in [4.78, 5) is 12.0. The van der Waals surface area contributed by atoms with Gasteiger partial charge in [0.1, 0.15) is 0 Å². The minimum Gasteiger partial charge on any atom is -0.392 e. The highest BCUT2D eigenvalue weighted by molar-refractivity contribution is 7.80. The third-order valence-corrected chi connectivity index (χ3v) is 2.75. The maximum absolute atomic E-state index is 11.7. The molecule has 3 nitrogen and oxygen atoms in total. The fraction of sp³-hybridized carbons (Fsp3) is 0.273. The van der Waals surface area contributed by atoms with Gasteiger partial charge in [0.05, 0.1) is 17.5 Å². The lowest BCUT2D eigenvalue weighted by atomic mass is 9.77. The molecule has 0 spiro atoms. The molecule has 0 radical (unpaired) electrons. The Kier molecular flexibility index (Phi) is 2.68. The summed E-state index contributed by atoms with van der Waals surface area (Å²) in [6, 6.07) is 7.98. The summed E-state index contributed by atoms with van der Waals surface area (Å²) in [5.74, 6) is -0.00273. The summed E-state index contributed by atoms with van der Waals surface area (Å²) >= 11 is 4.70. The average Bonchev–Trinajstić information content (AvgIpc) is 2.17. The predicted molar refractivity (Wildman–Crippen MR) is 62.7 cm³/mol. The van der Waals surface area contributed by atoms with E-state index in [9.17, 15) is 4.79 Å². The first kappa shape index (κ1) is 10.1. The van der Waals surface area contributed by atoms with Crippen molar-refractivity contribution in [2.24, 2.45) is 5.73 Å². The predicted octanol–water partition coefficient (Wildman–Crippen LogP) is 0.729. The molecule has 15 heavy (non-hydrogen) atoms. The maximum Gasteiger partial charge on any atom is 0.228 e. The Morgan fingerprint density at radius 3 is 2.93 bits per heavy atom. The van der Waals surface area contributed by atoms with E-state index < -0.39 is 0 Å². The Labute approximate surface area is 93.7 Å². The van der Waals surface area contributed by atoms with E-state index in [0.29, 0.717) is 4.99 Å². The Morgan fingerprint density at radius 1 is 1.53 bits per heavy atom. The summed E-state index contributed by atoms with van der Waals surface area (Å²) in [6.45, 7) is 0.285. The van der Waals surface area contributed by atoms with Crippen LogP contribution in [-0.2, 0) is 11.2 Å². The highest BCUT2D eigenvalue weighted by atomic mass is 32.1. The second-order valence-electron chi connectivity index (χ2n) is 3.64. The normalized spacial score (nSPS) is 17.5. The van der Waals surface area contributed by atoms with Crippen LogP contribution < -0.4 is 11.1 Å². The Bertz CT molecular complexity index is 417. The van der Waals surface area contributed by atoms with Crippen molar-refractivity contribution in [1.82, 2.24) is 5.32 Å². The topological polar surface area (TPSA) is 55.1 Å². The summed E-state index contributed by atoms with van der Waals surface area (Å²) in [7, 11) is 0. The first-order chi connectivity index (χ1) is 7.18. The third-order valence-electron chi connectivity index (χ3n) is 2.61. The van der Waals surface area contributed by atoms with Gasteiger partial charge >= 0.3 is 0 Å². The molecule has 1 atom stereocenters. The van der Waals surface area contributed by atoms with Crippen LogP contribution in [-0.4, -0.2) is 17.4 Å². The number of hydrogen-bond acceptors (Lipinski definition) is 2. The molecular weight excluding hydrogens is 208 g/mol. The molecule has 3 N–H and O–H groups in total. The number of benzene rings is 1. The van der Waals surface area contributed by atoms with Crippen LogP contribution in [0.4, 0.5) is 0 Å². The van der Waals surface area contributed by atoms with E-state index in [2.05, 4.69) is 5.32 Å². The largest absolute Gasteiger partial charge is 0.392 e. The van der Waals surface area contributed by atoms with E-state index in [1.165, 1.54) is 5.56 Å². The second kappa shape index (κ2) is 3.98. The van der Waals surface area contributed by atoms with E-state index in [1.54, 1.807) is 0 Å². The molecule has 0 saturated carbocycles. The summed E-state index contributed by atoms with van der Waals surface area (Å²) in [6.07, 6.45) is 0.819. The van der Waals surface area contributed by atoms with Gasteiger partial charge in [-0.3, -0.25) is 4.79 Å². The van der Waals surface area contributed by atoms with Crippen LogP contribution in [0.25, 0.3) is 0 Å². The molecule has 1 aliphatic rings. The molecule has 0 aromatic heterocycles. The van der Waals surface area contributed by atoms with E-state index in [0.717, 1.165) is 12.0 Å². The number of nitrogens with one attached hydrogen (secondary N) is 1. The number of thiocarbonyl (C=S) groups is 1. The van der Waals surface area contributed by atoms with Gasteiger partial charge in [0, 0.05) is 0 Å². The van der Waals surface area contributed by atoms with Gasteiger partial charge in [-0.05, 0) is 17.5 Å². The molecule has 0 fully saturated rings. The SMILES string of the molecule is NC(=S)CNC(=O)C1Cc2ccccc21. The van der Waals surface area contributed by atoms with E-state index >= 15 is 0 Å². The van der Waals surface area contributed by atoms with Gasteiger partial charge in [-0.1, -0.05) is 36.5 Å². The van der Waals surface area contributed by atoms with Crippen molar-refractivity contribution >= 4 is 23.1 Å². The number of nitrogens with two attached hydrogens (primary N) is 1. The molecule has 0 bridgehead atoms. The molecule has 1 aromatic rings. The van der Waals surface area contributed by atoms with Crippen molar-refractivity contribution < 1.29 is 4.79 Å². The van der Waals surface area contributed by atoms with Crippen molar-refractivity contribution in [3.63, 3.8) is 0 Å². The minimum absolute atomic E-state index is 0.0153. The van der Waals surface area contributed by atoms with Crippen molar-refractivity contribution in [2.75, 3.05) is 6.54 Å². The lowest BCUT2D eigenvalue weighted by Gasteiger charge is -2.28. The molecule has 1 aromatic carbocycles. The number of fused-ring (bicyclic) bond motifs is 1. The number of rotatable bonds is 3. The number of amides is 1. The minimum atomic E-state index is -0.0180. The zero-order valence-electron chi connectivity index (χ0n) is 8.19. The summed E-state index contributed by atoms with van der Waals surface area (Å²) < 4.78 is 0. The number of hydrogen-bond donors (Lipinski definition) is 2. The third kappa shape index (κ3) is 1.99. The summed E-state index contributed by atoms with van der Waals surface area (Å²) in [5, 5.41) is 2.72. The smallest absolute Gasteiger partial charge is 0.228 e. The van der Waals surface area contributed by atoms with Crippen LogP contribution in [0.2, 0.25) is 0 Å². The van der Waals surface area contributed by atoms with Crippen LogP contribution in [0.15, 0.2) is 24.3 Å². The molecule has 1 amide bonds. The van der Waals surface area contributed by atoms with E-state index in [1.807, 2.05) is 24.3 Å². The molecule has 2 rings (SSSR count). The van der Waals surface area contributed by atoms with Crippen molar-refractivity contribution in [2.45, 2.75) is 12.3 Å². The van der Waals surface area contributed by atoms with Crippen LogP contribution in [0.3, 0.4) is 0 Å². The molecule has 78 valence electrons. The molecule has 0 aliphatic heterocycles. The van der Waals surface area contributed by atoms with Crippen molar-refractivity contribution in [3.8, 4) is 0 Å². The van der Waals surface area contributed by atoms with Crippen LogP contribution in [0, 0.1) is 0 Å². The molecular formula is C11H12N2OS. The number of carbonyl (C=O) groups excluding carboxylic acids is 1. The van der Waals surface area contributed by atoms with Crippen LogP contribution in [0.5, 0.6) is 0 Å². The van der Waals surface area contributed by atoms with E-state index in [4.69, 9.17) is 18.0 Å². The molecule has 0 heterocycles. The van der Waals surface area contributed by atoms with Crippen molar-refractivity contribution in [3.05, 3.63) is 35.4 Å². The standard InChI is InChI=1S/C11H12N2OS/c12-10(15)6-13-11(14)9-5-7-3-1-2-4-8(7)9/h1-4,9H,5-6H2,(H2,12,15)(H,13,14). The second-order valence-corrected chi connectivity index (χ2v) is 4.16. The summed E-state index contributed by atoms with van der Waals surface area (Å²) in [5.41, 5.74) is 7.69. The Hall–Kier alpha value is -1.42. The van der Waals surface area contributed by atoms with Crippen LogP contribution >= 0.6 is 12.2 Å². The lowest BCUT2D eigenvalue weighted by molar-refractivity contribution is -0.122. The van der Waals surface area contributed by atoms with Gasteiger partial charge < -0.3 is 11.1 Å². The van der Waals surface area contributed by atoms with Crippen molar-refractivity contribution in [1.29, 1.82) is 0 Å². The van der Waals surface area contributed by atoms with Gasteiger partial charge in [-0.25, -0.2) is 0 Å². The van der Waals surface area contributed by atoms with E-state index in [-0.39, 0.29) is 18.4 Å². The fourth-order valence-electron chi connectivity index (χ4n) is 1.79. The van der Waals surface area contributed by atoms with Crippen LogP contribution in [0.1, 0.15) is 17.0 Å². The Balaban J connectivity index is 1.98. The quantitative estimate of drug-likeness (QED) is 0.738. The lowest BCUT2D eigenvalue weighted by Crippen LogP contribution is -2.39. The fourth-order valence-corrected chi connectivity index (χ4v) is 1.86. The highest BCUT2D eigenvalue weighted by Crippen LogP contribution is 2.34. The number of carbonyl (C=O) groups is 1. The Morgan fingerprint density at radius 2 is 2.27 bits per heavy atom. The maximum atomic E-state index is 11.7. The molecule has 1 aliphatic carbocycles. The van der Waals surface area contributed by atoms with Gasteiger partial charge in [-0.15, -0.1) is 0 Å². The first-order valence-electron chi connectivity index (χ1n) is 4.82. The molecule has 0 saturated heterocycles. The first-order valence-corrected chi connectivity index (χ1v) is 5.23. The molecule has 1 unspecified atom stereocenters. The monoisotopic (exact) mass is 220 g/mol. The zero-order chi connectivity index (χ0) is 10.8. The zero-order valence-corrected chi connectivity index (χ0v) is 9.01.